The fourth-order valence-corrected chi connectivity index (χ4v) is 1.33. The van der Waals surface area contributed by atoms with Crippen molar-refractivity contribution in [2.45, 2.75) is 26.3 Å². The van der Waals surface area contributed by atoms with E-state index in [1.807, 2.05) is 38.1 Å². The van der Waals surface area contributed by atoms with E-state index in [0.717, 1.165) is 11.3 Å². The standard InChI is InChI=1S/C11H16N2O/c1-3-11(14)13-8(2)9-6-4-5-7-10(9)12/h4-8H,3,12H2,1-2H3,(H,13,14). The Kier molecular flexibility index (Phi) is 3.51. The van der Waals surface area contributed by atoms with E-state index in [0.29, 0.717) is 6.42 Å². The molecule has 1 aromatic rings. The Labute approximate surface area is 84.3 Å². The normalized spacial score (nSPS) is 12.1. The third kappa shape index (κ3) is 2.49. The van der Waals surface area contributed by atoms with Gasteiger partial charge in [-0.3, -0.25) is 4.79 Å². The third-order valence-electron chi connectivity index (χ3n) is 2.16. The molecular weight excluding hydrogens is 176 g/mol. The minimum absolute atomic E-state index is 0.0244. The van der Waals surface area contributed by atoms with Gasteiger partial charge >= 0.3 is 0 Å². The van der Waals surface area contributed by atoms with Crippen LogP contribution in [0.4, 0.5) is 5.69 Å². The van der Waals surface area contributed by atoms with Crippen LogP contribution in [0.3, 0.4) is 0 Å². The van der Waals surface area contributed by atoms with Crippen LogP contribution in [0, 0.1) is 0 Å². The molecule has 3 nitrogen and oxygen atoms in total. The smallest absolute Gasteiger partial charge is 0.220 e. The van der Waals surface area contributed by atoms with Gasteiger partial charge in [-0.1, -0.05) is 25.1 Å². The highest BCUT2D eigenvalue weighted by atomic mass is 16.1. The lowest BCUT2D eigenvalue weighted by atomic mass is 10.1. The molecule has 14 heavy (non-hydrogen) atoms. The molecule has 0 spiro atoms. The number of anilines is 1. The monoisotopic (exact) mass is 192 g/mol. The number of amides is 1. The Bertz CT molecular complexity index is 323. The fourth-order valence-electron chi connectivity index (χ4n) is 1.33. The van der Waals surface area contributed by atoms with E-state index >= 15 is 0 Å². The van der Waals surface area contributed by atoms with Crippen LogP contribution in [0.25, 0.3) is 0 Å². The number of para-hydroxylation sites is 1. The second kappa shape index (κ2) is 4.65. The van der Waals surface area contributed by atoms with Crippen LogP contribution >= 0.6 is 0 Å². The maximum Gasteiger partial charge on any atom is 0.220 e. The highest BCUT2D eigenvalue weighted by Crippen LogP contribution is 2.19. The first-order valence-corrected chi connectivity index (χ1v) is 4.79. The average Bonchev–Trinajstić information content (AvgIpc) is 2.18. The molecule has 0 radical (unpaired) electrons. The fraction of sp³-hybridized carbons (Fsp3) is 0.364. The molecule has 1 atom stereocenters. The van der Waals surface area contributed by atoms with Crippen molar-refractivity contribution in [3.8, 4) is 0 Å². The lowest BCUT2D eigenvalue weighted by molar-refractivity contribution is -0.121. The summed E-state index contributed by atoms with van der Waals surface area (Å²) in [5.74, 6) is 0.0424. The SMILES string of the molecule is CCC(=O)NC(C)c1ccccc1N. The summed E-state index contributed by atoms with van der Waals surface area (Å²) in [5, 5.41) is 2.87. The minimum atomic E-state index is -0.0244. The summed E-state index contributed by atoms with van der Waals surface area (Å²) >= 11 is 0. The molecule has 3 heteroatoms. The first-order chi connectivity index (χ1) is 6.65. The van der Waals surface area contributed by atoms with Crippen molar-refractivity contribution >= 4 is 11.6 Å². The molecule has 1 unspecified atom stereocenters. The van der Waals surface area contributed by atoms with Crippen LogP contribution in [-0.4, -0.2) is 5.91 Å². The summed E-state index contributed by atoms with van der Waals surface area (Å²) in [6, 6.07) is 7.54. The Morgan fingerprint density at radius 3 is 2.71 bits per heavy atom. The summed E-state index contributed by atoms with van der Waals surface area (Å²) in [4.78, 5) is 11.2. The molecule has 76 valence electrons. The zero-order valence-corrected chi connectivity index (χ0v) is 8.58. The molecule has 1 rings (SSSR count). The van der Waals surface area contributed by atoms with Gasteiger partial charge in [-0.25, -0.2) is 0 Å². The highest BCUT2D eigenvalue weighted by molar-refractivity contribution is 5.76. The van der Waals surface area contributed by atoms with Gasteiger partial charge in [0.25, 0.3) is 0 Å². The predicted molar refractivity (Wildman–Crippen MR) is 57.7 cm³/mol. The van der Waals surface area contributed by atoms with Gasteiger partial charge < -0.3 is 11.1 Å². The van der Waals surface area contributed by atoms with Crippen LogP contribution in [0.1, 0.15) is 31.9 Å². The molecule has 0 saturated carbocycles. The summed E-state index contributed by atoms with van der Waals surface area (Å²) in [6.07, 6.45) is 0.497. The molecule has 0 heterocycles. The van der Waals surface area contributed by atoms with E-state index in [-0.39, 0.29) is 11.9 Å². The molecule has 0 aliphatic heterocycles. The second-order valence-electron chi connectivity index (χ2n) is 3.27. The van der Waals surface area contributed by atoms with E-state index in [4.69, 9.17) is 5.73 Å². The van der Waals surface area contributed by atoms with Gasteiger partial charge in [-0.2, -0.15) is 0 Å². The van der Waals surface area contributed by atoms with Crippen molar-refractivity contribution in [1.82, 2.24) is 5.32 Å². The molecule has 1 aromatic carbocycles. The van der Waals surface area contributed by atoms with E-state index in [1.165, 1.54) is 0 Å². The zero-order chi connectivity index (χ0) is 10.6. The van der Waals surface area contributed by atoms with Gasteiger partial charge in [-0.05, 0) is 18.6 Å². The number of rotatable bonds is 3. The van der Waals surface area contributed by atoms with Crippen molar-refractivity contribution in [3.05, 3.63) is 29.8 Å². The molecule has 3 N–H and O–H groups in total. The number of benzene rings is 1. The van der Waals surface area contributed by atoms with Gasteiger partial charge in [-0.15, -0.1) is 0 Å². The minimum Gasteiger partial charge on any atom is -0.398 e. The summed E-state index contributed by atoms with van der Waals surface area (Å²) in [5.41, 5.74) is 7.47. The second-order valence-corrected chi connectivity index (χ2v) is 3.27. The largest absolute Gasteiger partial charge is 0.398 e. The predicted octanol–water partition coefficient (Wildman–Crippen LogP) is 1.86. The van der Waals surface area contributed by atoms with Crippen LogP contribution in [0.2, 0.25) is 0 Å². The first kappa shape index (κ1) is 10.6. The van der Waals surface area contributed by atoms with Gasteiger partial charge in [0, 0.05) is 12.1 Å². The lowest BCUT2D eigenvalue weighted by Crippen LogP contribution is -2.26. The number of carbonyl (C=O) groups excluding carboxylic acids is 1. The van der Waals surface area contributed by atoms with Gasteiger partial charge in [0.15, 0.2) is 0 Å². The van der Waals surface area contributed by atoms with Crippen molar-refractivity contribution < 1.29 is 4.79 Å². The van der Waals surface area contributed by atoms with Crippen molar-refractivity contribution in [2.24, 2.45) is 0 Å². The number of hydrogen-bond acceptors (Lipinski definition) is 2. The van der Waals surface area contributed by atoms with E-state index < -0.39 is 0 Å². The Balaban J connectivity index is 2.74. The Morgan fingerprint density at radius 2 is 2.14 bits per heavy atom. The number of nitrogens with one attached hydrogen (secondary N) is 1. The Morgan fingerprint density at radius 1 is 1.50 bits per heavy atom. The molecule has 1 amide bonds. The maximum absolute atomic E-state index is 11.2. The molecule has 0 aliphatic rings. The summed E-state index contributed by atoms with van der Waals surface area (Å²) in [6.45, 7) is 3.76. The van der Waals surface area contributed by atoms with Crippen LogP contribution < -0.4 is 11.1 Å². The highest BCUT2D eigenvalue weighted by Gasteiger charge is 2.09. The summed E-state index contributed by atoms with van der Waals surface area (Å²) in [7, 11) is 0. The number of hydrogen-bond donors (Lipinski definition) is 2. The van der Waals surface area contributed by atoms with Crippen molar-refractivity contribution in [1.29, 1.82) is 0 Å². The molecule has 0 aliphatic carbocycles. The van der Waals surface area contributed by atoms with Crippen molar-refractivity contribution in [3.63, 3.8) is 0 Å². The van der Waals surface area contributed by atoms with Gasteiger partial charge in [0.05, 0.1) is 6.04 Å². The lowest BCUT2D eigenvalue weighted by Gasteiger charge is -2.15. The molecule has 0 aromatic heterocycles. The number of nitrogen functional groups attached to an aromatic ring is 1. The number of nitrogens with two attached hydrogens (primary N) is 1. The van der Waals surface area contributed by atoms with E-state index in [2.05, 4.69) is 5.32 Å². The van der Waals surface area contributed by atoms with E-state index in [9.17, 15) is 4.79 Å². The van der Waals surface area contributed by atoms with Gasteiger partial charge in [0.1, 0.15) is 0 Å². The molecule has 0 saturated heterocycles. The topological polar surface area (TPSA) is 55.1 Å². The molecule has 0 bridgehead atoms. The zero-order valence-electron chi connectivity index (χ0n) is 8.58. The quantitative estimate of drug-likeness (QED) is 0.718. The molecule has 0 fully saturated rings. The Hall–Kier alpha value is -1.51. The maximum atomic E-state index is 11.2. The number of carbonyl (C=O) groups is 1. The van der Waals surface area contributed by atoms with Crippen LogP contribution in [0.15, 0.2) is 24.3 Å². The van der Waals surface area contributed by atoms with Crippen LogP contribution in [0.5, 0.6) is 0 Å². The molecular formula is C11H16N2O. The van der Waals surface area contributed by atoms with Gasteiger partial charge in [0.2, 0.25) is 5.91 Å². The van der Waals surface area contributed by atoms with Crippen LogP contribution in [-0.2, 0) is 4.79 Å². The average molecular weight is 192 g/mol. The van der Waals surface area contributed by atoms with E-state index in [1.54, 1.807) is 0 Å². The van der Waals surface area contributed by atoms with Crippen molar-refractivity contribution in [2.75, 3.05) is 5.73 Å². The summed E-state index contributed by atoms with van der Waals surface area (Å²) < 4.78 is 0. The first-order valence-electron chi connectivity index (χ1n) is 4.79. The third-order valence-corrected chi connectivity index (χ3v) is 2.16.